The molecule has 7 nitrogen and oxygen atoms in total. The lowest BCUT2D eigenvalue weighted by atomic mass is 9.66. The van der Waals surface area contributed by atoms with Gasteiger partial charge >= 0.3 is 0 Å². The van der Waals surface area contributed by atoms with Crippen molar-refractivity contribution in [1.82, 2.24) is 15.5 Å². The molecule has 1 spiro atoms. The molecule has 6 atom stereocenters. The van der Waals surface area contributed by atoms with Crippen molar-refractivity contribution >= 4 is 29.5 Å². The highest BCUT2D eigenvalue weighted by atomic mass is 32.2. The standard InChI is InChI=1S/C22H37N3O4S/c1-7-10-23-18(27)15-16-20(29)25(14(11-26)12(2)3)17(19(28)24-13(4)5)22(16)9-8-21(15,6)30-22/h12-17,26H,7-11H2,1-6H3,(H,23,27)(H,24,28)/t14-,15-,16-,17?,21+,22?/m0/s1. The summed E-state index contributed by atoms with van der Waals surface area (Å²) in [6, 6.07) is -1.18. The number of carbonyl (C=O) groups excluding carboxylic acids is 3. The van der Waals surface area contributed by atoms with E-state index in [9.17, 15) is 19.5 Å². The maximum atomic E-state index is 13.8. The SMILES string of the molecule is CCCNC(=O)[C@@H]1[C@H]2C(=O)N([C@@H](CO)C(C)C)C(C(=O)NC(C)C)C23CC[C@@]1(C)S3. The van der Waals surface area contributed by atoms with Crippen LogP contribution < -0.4 is 10.6 Å². The number of thioether (sulfide) groups is 1. The van der Waals surface area contributed by atoms with E-state index < -0.39 is 28.7 Å². The molecule has 0 aliphatic carbocycles. The zero-order chi connectivity index (χ0) is 22.4. The number of rotatable bonds is 8. The average Bonchev–Trinajstić information content (AvgIpc) is 3.21. The predicted octanol–water partition coefficient (Wildman–Crippen LogP) is 1.54. The van der Waals surface area contributed by atoms with Gasteiger partial charge in [0.15, 0.2) is 0 Å². The molecule has 3 saturated heterocycles. The Morgan fingerprint density at radius 2 is 1.90 bits per heavy atom. The molecule has 0 aromatic carbocycles. The third-order valence-corrected chi connectivity index (χ3v) is 9.03. The second-order valence-electron chi connectivity index (χ2n) is 9.92. The Morgan fingerprint density at radius 1 is 1.23 bits per heavy atom. The third kappa shape index (κ3) is 3.44. The Hall–Kier alpha value is -1.28. The molecular weight excluding hydrogens is 402 g/mol. The molecule has 3 aliphatic rings. The van der Waals surface area contributed by atoms with Gasteiger partial charge in [-0.2, -0.15) is 0 Å². The van der Waals surface area contributed by atoms with E-state index in [2.05, 4.69) is 17.6 Å². The van der Waals surface area contributed by atoms with Gasteiger partial charge in [-0.1, -0.05) is 20.8 Å². The van der Waals surface area contributed by atoms with Crippen molar-refractivity contribution in [3.8, 4) is 0 Å². The number of fused-ring (bicyclic) bond motifs is 1. The molecule has 170 valence electrons. The second-order valence-corrected chi connectivity index (χ2v) is 11.8. The number of hydrogen-bond acceptors (Lipinski definition) is 5. The van der Waals surface area contributed by atoms with Crippen LogP contribution in [0.1, 0.15) is 60.8 Å². The number of hydrogen-bond donors (Lipinski definition) is 3. The van der Waals surface area contributed by atoms with Crippen molar-refractivity contribution in [1.29, 1.82) is 0 Å². The summed E-state index contributed by atoms with van der Waals surface area (Å²) in [6.45, 7) is 12.2. The van der Waals surface area contributed by atoms with E-state index in [-0.39, 0.29) is 41.0 Å². The Kier molecular flexibility index (Phi) is 6.50. The molecule has 3 fully saturated rings. The fourth-order valence-corrected chi connectivity index (χ4v) is 8.11. The van der Waals surface area contributed by atoms with Crippen molar-refractivity contribution in [3.05, 3.63) is 0 Å². The summed E-state index contributed by atoms with van der Waals surface area (Å²) in [4.78, 5) is 42.1. The number of aliphatic hydroxyl groups excluding tert-OH is 1. The highest BCUT2D eigenvalue weighted by Gasteiger charge is 2.77. The van der Waals surface area contributed by atoms with Gasteiger partial charge in [0.25, 0.3) is 0 Å². The summed E-state index contributed by atoms with van der Waals surface area (Å²) in [5.41, 5.74) is 0. The van der Waals surface area contributed by atoms with Crippen LogP contribution in [0, 0.1) is 17.8 Å². The summed E-state index contributed by atoms with van der Waals surface area (Å²) in [7, 11) is 0. The highest BCUT2D eigenvalue weighted by Crippen LogP contribution is 2.71. The fourth-order valence-electron chi connectivity index (χ4n) is 5.76. The zero-order valence-corrected chi connectivity index (χ0v) is 19.8. The molecule has 3 N–H and O–H groups in total. The van der Waals surface area contributed by atoms with E-state index in [1.54, 1.807) is 16.7 Å². The second kappa shape index (κ2) is 8.34. The van der Waals surface area contributed by atoms with Crippen molar-refractivity contribution < 1.29 is 19.5 Å². The van der Waals surface area contributed by atoms with Crippen LogP contribution in [-0.2, 0) is 14.4 Å². The number of likely N-dealkylation sites (tertiary alicyclic amines) is 1. The van der Waals surface area contributed by atoms with Crippen LogP contribution >= 0.6 is 11.8 Å². The summed E-state index contributed by atoms with van der Waals surface area (Å²) in [5, 5.41) is 16.1. The number of nitrogens with zero attached hydrogens (tertiary/aromatic N) is 1. The summed E-state index contributed by atoms with van der Waals surface area (Å²) >= 11 is 1.67. The first-order valence-electron chi connectivity index (χ1n) is 11.2. The van der Waals surface area contributed by atoms with Gasteiger partial charge in [-0.05, 0) is 46.0 Å². The van der Waals surface area contributed by atoms with E-state index in [1.807, 2.05) is 34.6 Å². The Bertz CT molecular complexity index is 714. The Labute approximate surface area is 184 Å². The first-order chi connectivity index (χ1) is 14.0. The van der Waals surface area contributed by atoms with Gasteiger partial charge in [0, 0.05) is 17.3 Å². The molecule has 8 heteroatoms. The maximum absolute atomic E-state index is 13.8. The lowest BCUT2D eigenvalue weighted by Crippen LogP contribution is -2.58. The summed E-state index contributed by atoms with van der Waals surface area (Å²) < 4.78 is -0.978. The quantitative estimate of drug-likeness (QED) is 0.533. The van der Waals surface area contributed by atoms with E-state index in [0.29, 0.717) is 6.54 Å². The lowest BCUT2D eigenvalue weighted by Gasteiger charge is -2.38. The van der Waals surface area contributed by atoms with Crippen molar-refractivity contribution in [2.24, 2.45) is 17.8 Å². The zero-order valence-electron chi connectivity index (χ0n) is 19.0. The van der Waals surface area contributed by atoms with Crippen LogP contribution in [-0.4, -0.2) is 68.5 Å². The number of amides is 3. The molecule has 0 aromatic heterocycles. The van der Waals surface area contributed by atoms with Crippen LogP contribution in [0.25, 0.3) is 0 Å². The van der Waals surface area contributed by atoms with Gasteiger partial charge in [0.05, 0.1) is 29.2 Å². The smallest absolute Gasteiger partial charge is 0.244 e. The van der Waals surface area contributed by atoms with Crippen LogP contribution in [0.5, 0.6) is 0 Å². The minimum atomic E-state index is -0.673. The van der Waals surface area contributed by atoms with Gasteiger partial charge in [0.1, 0.15) is 6.04 Å². The van der Waals surface area contributed by atoms with Crippen LogP contribution in [0.2, 0.25) is 0 Å². The monoisotopic (exact) mass is 439 g/mol. The average molecular weight is 440 g/mol. The molecular formula is C22H37N3O4S. The van der Waals surface area contributed by atoms with E-state index in [1.165, 1.54) is 0 Å². The Morgan fingerprint density at radius 3 is 2.43 bits per heavy atom. The molecule has 30 heavy (non-hydrogen) atoms. The molecule has 3 rings (SSSR count). The van der Waals surface area contributed by atoms with Crippen molar-refractivity contribution in [3.63, 3.8) is 0 Å². The molecule has 0 radical (unpaired) electrons. The molecule has 3 heterocycles. The van der Waals surface area contributed by atoms with E-state index in [4.69, 9.17) is 0 Å². The van der Waals surface area contributed by atoms with Gasteiger partial charge in [-0.25, -0.2) is 0 Å². The Balaban J connectivity index is 2.08. The minimum Gasteiger partial charge on any atom is -0.394 e. The van der Waals surface area contributed by atoms with Crippen LogP contribution in [0.4, 0.5) is 0 Å². The number of nitrogens with one attached hydrogen (secondary N) is 2. The largest absolute Gasteiger partial charge is 0.394 e. The van der Waals surface area contributed by atoms with Crippen molar-refractivity contribution in [2.75, 3.05) is 13.2 Å². The van der Waals surface area contributed by atoms with E-state index >= 15 is 0 Å². The molecule has 3 aliphatic heterocycles. The maximum Gasteiger partial charge on any atom is 0.244 e. The number of aliphatic hydroxyl groups is 1. The third-order valence-electron chi connectivity index (χ3n) is 7.04. The van der Waals surface area contributed by atoms with Gasteiger partial charge in [-0.15, -0.1) is 11.8 Å². The van der Waals surface area contributed by atoms with Gasteiger partial charge < -0.3 is 20.6 Å². The van der Waals surface area contributed by atoms with Crippen molar-refractivity contribution in [2.45, 2.75) is 88.4 Å². The molecule has 2 bridgehead atoms. The first kappa shape index (κ1) is 23.4. The van der Waals surface area contributed by atoms with Crippen LogP contribution in [0.15, 0.2) is 0 Å². The van der Waals surface area contributed by atoms with E-state index in [0.717, 1.165) is 19.3 Å². The number of carbonyl (C=O) groups is 3. The molecule has 2 unspecified atom stereocenters. The highest BCUT2D eigenvalue weighted by molar-refractivity contribution is 8.02. The summed E-state index contributed by atoms with van der Waals surface area (Å²) in [6.07, 6.45) is 2.36. The first-order valence-corrected chi connectivity index (χ1v) is 12.1. The summed E-state index contributed by atoms with van der Waals surface area (Å²) in [5.74, 6) is -1.41. The van der Waals surface area contributed by atoms with Gasteiger partial charge in [0.2, 0.25) is 17.7 Å². The van der Waals surface area contributed by atoms with Gasteiger partial charge in [-0.3, -0.25) is 14.4 Å². The fraction of sp³-hybridized carbons (Fsp3) is 0.864. The topological polar surface area (TPSA) is 98.7 Å². The molecule has 3 amide bonds. The van der Waals surface area contributed by atoms with Crippen LogP contribution in [0.3, 0.4) is 0 Å². The lowest BCUT2D eigenvalue weighted by molar-refractivity contribution is -0.144. The predicted molar refractivity (Wildman–Crippen MR) is 118 cm³/mol. The minimum absolute atomic E-state index is 0.00585. The molecule has 0 saturated carbocycles. The normalized spacial score (nSPS) is 35.8. The molecule has 0 aromatic rings.